The molecule has 0 bridgehead atoms. The van der Waals surface area contributed by atoms with Crippen LogP contribution < -0.4 is 5.73 Å². The summed E-state index contributed by atoms with van der Waals surface area (Å²) in [6, 6.07) is 2.09. The number of rotatable bonds is 4. The molecule has 6 nitrogen and oxygen atoms in total. The van der Waals surface area contributed by atoms with Crippen molar-refractivity contribution in [1.29, 1.82) is 5.26 Å². The predicted molar refractivity (Wildman–Crippen MR) is 85.7 cm³/mol. The van der Waals surface area contributed by atoms with Gasteiger partial charge in [-0.05, 0) is 18.8 Å². The monoisotopic (exact) mass is 305 g/mol. The van der Waals surface area contributed by atoms with Gasteiger partial charge in [0.05, 0.1) is 0 Å². The fourth-order valence-electron chi connectivity index (χ4n) is 3.00. The van der Waals surface area contributed by atoms with E-state index in [-0.39, 0.29) is 11.5 Å². The summed E-state index contributed by atoms with van der Waals surface area (Å²) >= 11 is 0. The third-order valence-corrected chi connectivity index (χ3v) is 4.59. The van der Waals surface area contributed by atoms with Crippen LogP contribution in [0, 0.1) is 17.2 Å². The number of nitrogens with zero attached hydrogens (tertiary/aromatic N) is 4. The highest BCUT2D eigenvalue weighted by atomic mass is 16.2. The van der Waals surface area contributed by atoms with E-state index >= 15 is 0 Å². The topological polar surface area (TPSA) is 76.6 Å². The zero-order chi connectivity index (χ0) is 15.9. The van der Waals surface area contributed by atoms with Gasteiger partial charge < -0.3 is 15.5 Å². The molecule has 1 amide bonds. The van der Waals surface area contributed by atoms with Crippen LogP contribution in [0.3, 0.4) is 0 Å². The Morgan fingerprint density at radius 1 is 1.23 bits per heavy atom. The van der Waals surface area contributed by atoms with Crippen molar-refractivity contribution in [2.45, 2.75) is 19.8 Å². The van der Waals surface area contributed by atoms with Crippen molar-refractivity contribution in [2.24, 2.45) is 11.7 Å². The zero-order valence-corrected chi connectivity index (χ0v) is 13.5. The van der Waals surface area contributed by atoms with E-state index in [1.165, 1.54) is 0 Å². The first-order chi connectivity index (χ1) is 10.6. The van der Waals surface area contributed by atoms with E-state index in [1.54, 1.807) is 6.20 Å². The maximum atomic E-state index is 12.5. The molecule has 2 N–H and O–H groups in total. The van der Waals surface area contributed by atoms with Gasteiger partial charge in [0.2, 0.25) is 0 Å². The summed E-state index contributed by atoms with van der Waals surface area (Å²) in [6.07, 6.45) is 3.81. The predicted octanol–water partition coefficient (Wildman–Crippen LogP) is 0.229. The molecule has 6 heteroatoms. The maximum Gasteiger partial charge on any atom is 0.266 e. The summed E-state index contributed by atoms with van der Waals surface area (Å²) in [5, 5.41) is 9.33. The van der Waals surface area contributed by atoms with Crippen LogP contribution in [0.5, 0.6) is 0 Å². The van der Waals surface area contributed by atoms with Crippen molar-refractivity contribution in [3.8, 4) is 6.07 Å². The van der Waals surface area contributed by atoms with Gasteiger partial charge in [-0.2, -0.15) is 5.26 Å². The molecule has 0 spiro atoms. The molecule has 0 aromatic heterocycles. The number of nitrogens with two attached hydrogens (primary N) is 1. The molecule has 0 aromatic carbocycles. The van der Waals surface area contributed by atoms with Gasteiger partial charge in [-0.3, -0.25) is 9.69 Å². The SMILES string of the molecule is CC1CCN(C(=O)/C(C#N)=C\N2CCN(CCN)CC2)CC1. The number of piperazine rings is 1. The summed E-state index contributed by atoms with van der Waals surface area (Å²) in [5.74, 6) is 0.563. The minimum absolute atomic E-state index is 0.112. The lowest BCUT2D eigenvalue weighted by Gasteiger charge is -2.34. The molecule has 2 aliphatic heterocycles. The third kappa shape index (κ3) is 4.46. The highest BCUT2D eigenvalue weighted by Gasteiger charge is 2.24. The minimum atomic E-state index is -0.112. The number of amides is 1. The lowest BCUT2D eigenvalue weighted by Crippen LogP contribution is -2.46. The molecule has 0 aliphatic carbocycles. The molecule has 0 atom stereocenters. The molecule has 2 rings (SSSR count). The van der Waals surface area contributed by atoms with Gasteiger partial charge >= 0.3 is 0 Å². The lowest BCUT2D eigenvalue weighted by molar-refractivity contribution is -0.128. The number of likely N-dealkylation sites (tertiary alicyclic amines) is 1. The van der Waals surface area contributed by atoms with E-state index in [4.69, 9.17) is 5.73 Å². The van der Waals surface area contributed by atoms with Gasteiger partial charge in [-0.15, -0.1) is 0 Å². The Morgan fingerprint density at radius 3 is 2.41 bits per heavy atom. The van der Waals surface area contributed by atoms with Gasteiger partial charge in [0.25, 0.3) is 5.91 Å². The van der Waals surface area contributed by atoms with E-state index in [1.807, 2.05) is 4.90 Å². The lowest BCUT2D eigenvalue weighted by atomic mass is 9.99. The molecule has 0 unspecified atom stereocenters. The minimum Gasteiger partial charge on any atom is -0.374 e. The third-order valence-electron chi connectivity index (χ3n) is 4.59. The van der Waals surface area contributed by atoms with Crippen LogP contribution in [-0.2, 0) is 4.79 Å². The Kier molecular flexibility index (Phi) is 6.22. The standard InChI is InChI=1S/C16H27N5O/c1-14-2-5-21(6-3-14)16(22)15(12-18)13-20-10-8-19(7-4-17)9-11-20/h13-14H,2-11,17H2,1H3/b15-13-. The smallest absolute Gasteiger partial charge is 0.266 e. The molecule has 22 heavy (non-hydrogen) atoms. The summed E-state index contributed by atoms with van der Waals surface area (Å²) in [4.78, 5) is 18.7. The van der Waals surface area contributed by atoms with E-state index in [2.05, 4.69) is 22.8 Å². The van der Waals surface area contributed by atoms with Crippen LogP contribution in [0.25, 0.3) is 0 Å². The normalized spacial score (nSPS) is 21.8. The highest BCUT2D eigenvalue weighted by Crippen LogP contribution is 2.18. The Bertz CT molecular complexity index is 440. The molecule has 2 aliphatic rings. The van der Waals surface area contributed by atoms with E-state index in [0.717, 1.165) is 58.7 Å². The molecule has 2 heterocycles. The van der Waals surface area contributed by atoms with Crippen molar-refractivity contribution >= 4 is 5.91 Å². The first-order valence-electron chi connectivity index (χ1n) is 8.21. The van der Waals surface area contributed by atoms with E-state index in [9.17, 15) is 10.1 Å². The summed E-state index contributed by atoms with van der Waals surface area (Å²) in [5.41, 5.74) is 5.83. The van der Waals surface area contributed by atoms with Crippen LogP contribution in [-0.4, -0.2) is 73.0 Å². The molecule has 2 saturated heterocycles. The van der Waals surface area contributed by atoms with Crippen molar-refractivity contribution in [1.82, 2.24) is 14.7 Å². The Balaban J connectivity index is 1.91. The summed E-state index contributed by atoms with van der Waals surface area (Å²) in [6.45, 7) is 8.88. The van der Waals surface area contributed by atoms with Crippen LogP contribution in [0.15, 0.2) is 11.8 Å². The second-order valence-corrected chi connectivity index (χ2v) is 6.30. The zero-order valence-electron chi connectivity index (χ0n) is 13.5. The summed E-state index contributed by atoms with van der Waals surface area (Å²) < 4.78 is 0. The first-order valence-corrected chi connectivity index (χ1v) is 8.21. The number of piperidine rings is 1. The second-order valence-electron chi connectivity index (χ2n) is 6.30. The van der Waals surface area contributed by atoms with Crippen LogP contribution in [0.2, 0.25) is 0 Å². The second kappa shape index (κ2) is 8.16. The van der Waals surface area contributed by atoms with Gasteiger partial charge in [0, 0.05) is 58.6 Å². The van der Waals surface area contributed by atoms with Crippen molar-refractivity contribution in [2.75, 3.05) is 52.4 Å². The van der Waals surface area contributed by atoms with Gasteiger partial charge in [0.1, 0.15) is 11.6 Å². The average molecular weight is 305 g/mol. The quantitative estimate of drug-likeness (QED) is 0.594. The molecule has 2 fully saturated rings. The van der Waals surface area contributed by atoms with Crippen LogP contribution >= 0.6 is 0 Å². The van der Waals surface area contributed by atoms with E-state index < -0.39 is 0 Å². The number of carbonyl (C=O) groups is 1. The number of hydrogen-bond donors (Lipinski definition) is 1. The van der Waals surface area contributed by atoms with Gasteiger partial charge in [-0.1, -0.05) is 6.92 Å². The van der Waals surface area contributed by atoms with Crippen LogP contribution in [0.4, 0.5) is 0 Å². The van der Waals surface area contributed by atoms with Gasteiger partial charge in [0.15, 0.2) is 0 Å². The van der Waals surface area contributed by atoms with Crippen molar-refractivity contribution in [3.05, 3.63) is 11.8 Å². The fraction of sp³-hybridized carbons (Fsp3) is 0.750. The Morgan fingerprint density at radius 2 is 1.86 bits per heavy atom. The Hall–Kier alpha value is -1.58. The number of carbonyl (C=O) groups excluding carboxylic acids is 1. The van der Waals surface area contributed by atoms with Crippen LogP contribution in [0.1, 0.15) is 19.8 Å². The fourth-order valence-corrected chi connectivity index (χ4v) is 3.00. The summed E-state index contributed by atoms with van der Waals surface area (Å²) in [7, 11) is 0. The molecule has 122 valence electrons. The van der Waals surface area contributed by atoms with Crippen molar-refractivity contribution in [3.63, 3.8) is 0 Å². The van der Waals surface area contributed by atoms with Gasteiger partial charge in [-0.25, -0.2) is 0 Å². The molecular formula is C16H27N5O. The maximum absolute atomic E-state index is 12.5. The Labute approximate surface area is 133 Å². The van der Waals surface area contributed by atoms with Crippen molar-refractivity contribution < 1.29 is 4.79 Å². The molecule has 0 radical (unpaired) electrons. The highest BCUT2D eigenvalue weighted by molar-refractivity contribution is 5.97. The number of hydrogen-bond acceptors (Lipinski definition) is 5. The first kappa shape index (κ1) is 16.8. The molecule has 0 saturated carbocycles. The van der Waals surface area contributed by atoms with E-state index in [0.29, 0.717) is 12.5 Å². The number of nitriles is 1. The molecular weight excluding hydrogens is 278 g/mol. The molecule has 0 aromatic rings. The average Bonchev–Trinajstić information content (AvgIpc) is 2.54. The largest absolute Gasteiger partial charge is 0.374 e.